The zero-order valence-corrected chi connectivity index (χ0v) is 17.7. The molecule has 2 aromatic carbocycles. The molecule has 1 N–H and O–H groups in total. The lowest BCUT2D eigenvalue weighted by atomic mass is 10.2. The van der Waals surface area contributed by atoms with Crippen molar-refractivity contribution in [1.82, 2.24) is 5.32 Å². The van der Waals surface area contributed by atoms with E-state index in [1.54, 1.807) is 24.3 Å². The number of ether oxygens (including phenoxy) is 1. The number of sulfonamides is 1. The topological polar surface area (TPSA) is 75.7 Å². The normalized spacial score (nSPS) is 11.1. The fraction of sp³-hybridized carbons (Fsp3) is 0.316. The molecule has 6 nitrogen and oxygen atoms in total. The largest absolute Gasteiger partial charge is 0.492 e. The van der Waals surface area contributed by atoms with E-state index in [0.717, 1.165) is 22.7 Å². The lowest BCUT2D eigenvalue weighted by Crippen LogP contribution is -2.41. The third-order valence-electron chi connectivity index (χ3n) is 3.83. The van der Waals surface area contributed by atoms with Crippen LogP contribution in [0.15, 0.2) is 53.0 Å². The van der Waals surface area contributed by atoms with Gasteiger partial charge in [-0.25, -0.2) is 8.42 Å². The first-order chi connectivity index (χ1) is 12.8. The van der Waals surface area contributed by atoms with Crippen LogP contribution in [0.3, 0.4) is 0 Å². The van der Waals surface area contributed by atoms with Crippen LogP contribution in [0.1, 0.15) is 12.5 Å². The highest BCUT2D eigenvalue weighted by Gasteiger charge is 2.22. The number of rotatable bonds is 9. The Morgan fingerprint density at radius 2 is 1.81 bits per heavy atom. The third-order valence-corrected chi connectivity index (χ3v) is 5.63. The average Bonchev–Trinajstić information content (AvgIpc) is 2.63. The first kappa shape index (κ1) is 21.2. The van der Waals surface area contributed by atoms with Crippen LogP contribution in [0.2, 0.25) is 0 Å². The summed E-state index contributed by atoms with van der Waals surface area (Å²) in [6, 6.07) is 14.6. The Balaban J connectivity index is 1.88. The summed E-state index contributed by atoms with van der Waals surface area (Å²) in [6.45, 7) is 2.36. The van der Waals surface area contributed by atoms with E-state index >= 15 is 0 Å². The highest BCUT2D eigenvalue weighted by atomic mass is 79.9. The Morgan fingerprint density at radius 1 is 1.15 bits per heavy atom. The molecule has 0 saturated carbocycles. The number of amides is 1. The molecule has 0 atom stereocenters. The minimum absolute atomic E-state index is 0.280. The standard InChI is InChI=1S/C19H23BrN2O4S/c1-3-15-8-10-16(11-9-15)26-13-12-21-19(23)14-22(27(2,24)25)18-7-5-4-6-17(18)20/h4-11H,3,12-14H2,1-2H3,(H,21,23). The molecule has 2 rings (SSSR count). The van der Waals surface area contributed by atoms with E-state index in [4.69, 9.17) is 4.74 Å². The van der Waals surface area contributed by atoms with Crippen LogP contribution in [-0.2, 0) is 21.2 Å². The first-order valence-corrected chi connectivity index (χ1v) is 11.2. The summed E-state index contributed by atoms with van der Waals surface area (Å²) >= 11 is 3.32. The lowest BCUT2D eigenvalue weighted by molar-refractivity contribution is -0.119. The van der Waals surface area contributed by atoms with Gasteiger partial charge in [-0.1, -0.05) is 31.2 Å². The molecule has 0 bridgehead atoms. The summed E-state index contributed by atoms with van der Waals surface area (Å²) < 4.78 is 31.4. The molecule has 0 fully saturated rings. The molecule has 0 radical (unpaired) electrons. The van der Waals surface area contributed by atoms with Gasteiger partial charge in [0.15, 0.2) is 0 Å². The number of anilines is 1. The van der Waals surface area contributed by atoms with E-state index in [9.17, 15) is 13.2 Å². The van der Waals surface area contributed by atoms with Crippen molar-refractivity contribution in [3.8, 4) is 5.75 Å². The average molecular weight is 455 g/mol. The van der Waals surface area contributed by atoms with Gasteiger partial charge in [0, 0.05) is 4.47 Å². The first-order valence-electron chi connectivity index (χ1n) is 8.52. The van der Waals surface area contributed by atoms with Gasteiger partial charge in [0.25, 0.3) is 0 Å². The minimum atomic E-state index is -3.60. The molecule has 0 aliphatic rings. The van der Waals surface area contributed by atoms with E-state index in [0.29, 0.717) is 16.8 Å². The summed E-state index contributed by atoms with van der Waals surface area (Å²) in [7, 11) is -3.60. The number of carbonyl (C=O) groups is 1. The van der Waals surface area contributed by atoms with E-state index < -0.39 is 15.9 Å². The van der Waals surface area contributed by atoms with Crippen molar-refractivity contribution in [2.45, 2.75) is 13.3 Å². The van der Waals surface area contributed by atoms with E-state index in [1.807, 2.05) is 24.3 Å². The zero-order valence-electron chi connectivity index (χ0n) is 15.3. The second-order valence-electron chi connectivity index (χ2n) is 5.92. The van der Waals surface area contributed by atoms with Crippen LogP contribution in [0.25, 0.3) is 0 Å². The number of hydrogen-bond donors (Lipinski definition) is 1. The molecule has 0 heterocycles. The molecule has 1 amide bonds. The van der Waals surface area contributed by atoms with E-state index in [1.165, 1.54) is 5.56 Å². The number of hydrogen-bond acceptors (Lipinski definition) is 4. The van der Waals surface area contributed by atoms with Gasteiger partial charge >= 0.3 is 0 Å². The highest BCUT2D eigenvalue weighted by molar-refractivity contribution is 9.10. The smallest absolute Gasteiger partial charge is 0.240 e. The van der Waals surface area contributed by atoms with Crippen LogP contribution < -0.4 is 14.4 Å². The summed E-state index contributed by atoms with van der Waals surface area (Å²) in [5, 5.41) is 2.68. The van der Waals surface area contributed by atoms with Gasteiger partial charge in [0.2, 0.25) is 15.9 Å². The molecule has 0 spiro atoms. The maximum atomic E-state index is 12.2. The summed E-state index contributed by atoms with van der Waals surface area (Å²) in [4.78, 5) is 12.2. The van der Waals surface area contributed by atoms with Gasteiger partial charge in [-0.3, -0.25) is 9.10 Å². The van der Waals surface area contributed by atoms with Gasteiger partial charge in [0.1, 0.15) is 18.9 Å². The van der Waals surface area contributed by atoms with Crippen molar-refractivity contribution in [1.29, 1.82) is 0 Å². The Hall–Kier alpha value is -2.06. The molecular weight excluding hydrogens is 432 g/mol. The molecule has 0 aliphatic carbocycles. The molecule has 0 aromatic heterocycles. The Labute approximate surface area is 168 Å². The third kappa shape index (κ3) is 6.55. The van der Waals surface area contributed by atoms with Crippen molar-refractivity contribution in [2.24, 2.45) is 0 Å². The van der Waals surface area contributed by atoms with Crippen molar-refractivity contribution in [2.75, 3.05) is 30.3 Å². The maximum absolute atomic E-state index is 12.2. The SMILES string of the molecule is CCc1ccc(OCCNC(=O)CN(c2ccccc2Br)S(C)(=O)=O)cc1. The monoisotopic (exact) mass is 454 g/mol. The second kappa shape index (κ2) is 9.75. The van der Waals surface area contributed by atoms with E-state index in [-0.39, 0.29) is 13.1 Å². The number of carbonyl (C=O) groups excluding carboxylic acids is 1. The van der Waals surface area contributed by atoms with Crippen LogP contribution in [0.4, 0.5) is 5.69 Å². The number of nitrogens with zero attached hydrogens (tertiary/aromatic N) is 1. The van der Waals surface area contributed by atoms with Crippen molar-refractivity contribution in [3.63, 3.8) is 0 Å². The van der Waals surface area contributed by atoms with Gasteiger partial charge in [-0.15, -0.1) is 0 Å². The van der Waals surface area contributed by atoms with Crippen LogP contribution in [0, 0.1) is 0 Å². The van der Waals surface area contributed by atoms with Gasteiger partial charge in [0.05, 0.1) is 18.5 Å². The highest BCUT2D eigenvalue weighted by Crippen LogP contribution is 2.27. The Kier molecular flexibility index (Phi) is 7.67. The zero-order chi connectivity index (χ0) is 19.9. The van der Waals surface area contributed by atoms with E-state index in [2.05, 4.69) is 28.2 Å². The minimum Gasteiger partial charge on any atom is -0.492 e. The number of nitrogens with one attached hydrogen (secondary N) is 1. The molecule has 146 valence electrons. The summed E-state index contributed by atoms with van der Waals surface area (Å²) in [5.41, 5.74) is 1.64. The van der Waals surface area contributed by atoms with Crippen LogP contribution in [-0.4, -0.2) is 40.3 Å². The number of aryl methyl sites for hydroxylation is 1. The Morgan fingerprint density at radius 3 is 2.41 bits per heavy atom. The molecular formula is C19H23BrN2O4S. The Bertz CT molecular complexity index is 870. The van der Waals surface area contributed by atoms with Gasteiger partial charge in [-0.05, 0) is 52.2 Å². The maximum Gasteiger partial charge on any atom is 0.240 e. The number of benzene rings is 2. The molecule has 0 unspecified atom stereocenters. The summed E-state index contributed by atoms with van der Waals surface area (Å²) in [5.74, 6) is 0.327. The molecule has 8 heteroatoms. The molecule has 27 heavy (non-hydrogen) atoms. The van der Waals surface area contributed by atoms with Crippen molar-refractivity contribution >= 4 is 37.5 Å². The second-order valence-corrected chi connectivity index (χ2v) is 8.68. The number of para-hydroxylation sites is 1. The van der Waals surface area contributed by atoms with Gasteiger partial charge in [-0.2, -0.15) is 0 Å². The fourth-order valence-electron chi connectivity index (χ4n) is 2.40. The van der Waals surface area contributed by atoms with Crippen LogP contribution in [0.5, 0.6) is 5.75 Å². The van der Waals surface area contributed by atoms with Gasteiger partial charge < -0.3 is 10.1 Å². The summed E-state index contributed by atoms with van der Waals surface area (Å²) in [6.07, 6.45) is 2.04. The quantitative estimate of drug-likeness (QED) is 0.590. The molecule has 2 aromatic rings. The molecule has 0 aliphatic heterocycles. The lowest BCUT2D eigenvalue weighted by Gasteiger charge is -2.23. The molecule has 0 saturated heterocycles. The fourth-order valence-corrected chi connectivity index (χ4v) is 3.89. The predicted molar refractivity (Wildman–Crippen MR) is 111 cm³/mol. The van der Waals surface area contributed by atoms with Crippen LogP contribution >= 0.6 is 15.9 Å². The number of halogens is 1. The van der Waals surface area contributed by atoms with Crippen molar-refractivity contribution in [3.05, 3.63) is 58.6 Å². The van der Waals surface area contributed by atoms with Crippen molar-refractivity contribution < 1.29 is 17.9 Å². The predicted octanol–water partition coefficient (Wildman–Crippen LogP) is 2.97.